The summed E-state index contributed by atoms with van der Waals surface area (Å²) in [5.41, 5.74) is 2.76. The first kappa shape index (κ1) is 28.8. The molecule has 2 saturated heterocycles. The van der Waals surface area contributed by atoms with Gasteiger partial charge in [-0.05, 0) is 67.5 Å². The van der Waals surface area contributed by atoms with Crippen molar-refractivity contribution in [1.29, 1.82) is 0 Å². The van der Waals surface area contributed by atoms with Crippen molar-refractivity contribution in [2.24, 2.45) is 0 Å². The molecule has 0 bridgehead atoms. The number of fused-ring (bicyclic) bond motifs is 1. The fourth-order valence-electron chi connectivity index (χ4n) is 6.11. The lowest BCUT2D eigenvalue weighted by molar-refractivity contribution is -0.143. The summed E-state index contributed by atoms with van der Waals surface area (Å²) in [5.74, 6) is -0.391. The Bertz CT molecular complexity index is 1540. The number of nitrogens with one attached hydrogen (secondary N) is 1. The van der Waals surface area contributed by atoms with Crippen molar-refractivity contribution in [3.05, 3.63) is 64.0 Å². The van der Waals surface area contributed by atoms with Gasteiger partial charge in [-0.2, -0.15) is 4.72 Å². The Morgan fingerprint density at radius 2 is 1.71 bits per heavy atom. The average molecular weight is 633 g/mol. The molecule has 2 atom stereocenters. The Kier molecular flexibility index (Phi) is 8.54. The van der Waals surface area contributed by atoms with Gasteiger partial charge < -0.3 is 9.80 Å². The summed E-state index contributed by atoms with van der Waals surface area (Å²) in [7, 11) is -3.90. The molecule has 41 heavy (non-hydrogen) atoms. The molecule has 0 spiro atoms. The lowest BCUT2D eigenvalue weighted by Gasteiger charge is -2.36. The number of benzene rings is 1. The minimum absolute atomic E-state index is 0.0152. The highest BCUT2D eigenvalue weighted by Gasteiger charge is 2.37. The molecule has 1 aromatic carbocycles. The number of rotatable bonds is 8. The van der Waals surface area contributed by atoms with Crippen LogP contribution >= 0.6 is 34.3 Å². The van der Waals surface area contributed by atoms with Crippen LogP contribution in [-0.2, 0) is 32.6 Å². The van der Waals surface area contributed by atoms with E-state index in [-0.39, 0.29) is 28.6 Å². The third-order valence-corrected chi connectivity index (χ3v) is 12.7. The predicted molar refractivity (Wildman–Crippen MR) is 163 cm³/mol. The number of nitrogens with zero attached hydrogens (tertiary/aromatic N) is 3. The highest BCUT2D eigenvalue weighted by atomic mass is 35.5. The van der Waals surface area contributed by atoms with Gasteiger partial charge in [0.25, 0.3) is 10.0 Å². The minimum Gasteiger partial charge on any atom is -0.337 e. The van der Waals surface area contributed by atoms with E-state index in [0.29, 0.717) is 30.3 Å². The molecule has 1 N–H and O–H groups in total. The van der Waals surface area contributed by atoms with E-state index in [1.165, 1.54) is 27.4 Å². The Balaban J connectivity index is 1.06. The summed E-state index contributed by atoms with van der Waals surface area (Å²) in [4.78, 5) is 34.4. The van der Waals surface area contributed by atoms with Gasteiger partial charge in [0.2, 0.25) is 11.8 Å². The van der Waals surface area contributed by atoms with Crippen LogP contribution in [0.2, 0.25) is 4.34 Å². The number of carbonyl (C=O) groups excluding carboxylic acids is 2. The third-order valence-electron chi connectivity index (χ3n) is 8.19. The number of likely N-dealkylation sites (tertiary alicyclic amines) is 2. The molecule has 3 aromatic rings. The monoisotopic (exact) mass is 632 g/mol. The van der Waals surface area contributed by atoms with Crippen molar-refractivity contribution in [3.8, 4) is 9.75 Å². The van der Waals surface area contributed by atoms with Crippen LogP contribution in [0.3, 0.4) is 0 Å². The zero-order valence-electron chi connectivity index (χ0n) is 22.6. The third kappa shape index (κ3) is 6.40. The Labute approximate surface area is 253 Å². The summed E-state index contributed by atoms with van der Waals surface area (Å²) in [6.07, 6.45) is 3.97. The standard InChI is InChI=1S/C29H33ClN4O4S3/c30-26-11-9-24(39-26)25-10-12-28(40-25)41(37,38)31-23-8-4-14-33(29(23)36)19-27(35)34-15-3-7-22(34)18-32-16-13-20-5-1-2-6-21(20)17-32/h1-2,5-6,9-12,22-23,31H,3-4,7-8,13-19H2/t22-,23-/m0/s1. The van der Waals surface area contributed by atoms with Gasteiger partial charge >= 0.3 is 0 Å². The van der Waals surface area contributed by atoms with Crippen LogP contribution in [0.5, 0.6) is 0 Å². The molecule has 3 aliphatic rings. The van der Waals surface area contributed by atoms with Crippen molar-refractivity contribution in [2.45, 2.75) is 54.9 Å². The fourth-order valence-corrected chi connectivity index (χ4v) is 9.79. The molecule has 0 unspecified atom stereocenters. The number of thiophene rings is 2. The zero-order chi connectivity index (χ0) is 28.6. The number of hydrogen-bond acceptors (Lipinski definition) is 7. The lowest BCUT2D eigenvalue weighted by atomic mass is 9.99. The van der Waals surface area contributed by atoms with Crippen LogP contribution in [0.4, 0.5) is 0 Å². The second-order valence-corrected chi connectivity index (χ2v) is 15.7. The first-order chi connectivity index (χ1) is 19.8. The van der Waals surface area contributed by atoms with E-state index < -0.39 is 16.1 Å². The summed E-state index contributed by atoms with van der Waals surface area (Å²) in [5, 5.41) is 0. The molecule has 2 fully saturated rings. The highest BCUT2D eigenvalue weighted by Crippen LogP contribution is 2.37. The maximum absolute atomic E-state index is 13.4. The van der Waals surface area contributed by atoms with E-state index in [2.05, 4.69) is 33.9 Å². The van der Waals surface area contributed by atoms with Crippen LogP contribution in [0.25, 0.3) is 9.75 Å². The molecular formula is C29H33ClN4O4S3. The number of amides is 2. The number of sulfonamides is 1. The van der Waals surface area contributed by atoms with Gasteiger partial charge in [-0.1, -0.05) is 35.9 Å². The van der Waals surface area contributed by atoms with Crippen molar-refractivity contribution < 1.29 is 18.0 Å². The van der Waals surface area contributed by atoms with E-state index >= 15 is 0 Å². The number of hydrogen-bond donors (Lipinski definition) is 1. The predicted octanol–water partition coefficient (Wildman–Crippen LogP) is 4.45. The van der Waals surface area contributed by atoms with E-state index in [1.54, 1.807) is 18.2 Å². The number of carbonyl (C=O) groups is 2. The lowest BCUT2D eigenvalue weighted by Crippen LogP contribution is -2.55. The molecule has 0 radical (unpaired) electrons. The molecule has 6 rings (SSSR count). The Hall–Kier alpha value is -2.28. The minimum atomic E-state index is -3.90. The molecule has 0 aliphatic carbocycles. The highest BCUT2D eigenvalue weighted by molar-refractivity contribution is 7.91. The van der Waals surface area contributed by atoms with Gasteiger partial charge in [0.05, 0.1) is 10.9 Å². The molecule has 3 aliphatic heterocycles. The average Bonchev–Trinajstić information content (AvgIpc) is 3.72. The van der Waals surface area contributed by atoms with Gasteiger partial charge in [0.15, 0.2) is 0 Å². The molecule has 12 heteroatoms. The maximum Gasteiger partial charge on any atom is 0.250 e. The largest absolute Gasteiger partial charge is 0.337 e. The van der Waals surface area contributed by atoms with E-state index in [9.17, 15) is 18.0 Å². The summed E-state index contributed by atoms with van der Waals surface area (Å²) in [6.45, 7) is 3.84. The van der Waals surface area contributed by atoms with Gasteiger partial charge in [-0.15, -0.1) is 22.7 Å². The van der Waals surface area contributed by atoms with E-state index in [1.807, 2.05) is 11.0 Å². The molecule has 218 valence electrons. The van der Waals surface area contributed by atoms with Crippen LogP contribution in [0.15, 0.2) is 52.7 Å². The van der Waals surface area contributed by atoms with Crippen LogP contribution in [0, 0.1) is 0 Å². The Morgan fingerprint density at radius 1 is 0.951 bits per heavy atom. The second kappa shape index (κ2) is 12.1. The van der Waals surface area contributed by atoms with Crippen LogP contribution in [0.1, 0.15) is 36.8 Å². The van der Waals surface area contributed by atoms with Crippen molar-refractivity contribution in [2.75, 3.05) is 32.7 Å². The number of piperidine rings is 1. The fraction of sp³-hybridized carbons (Fsp3) is 0.448. The molecule has 5 heterocycles. The van der Waals surface area contributed by atoms with Crippen LogP contribution < -0.4 is 4.72 Å². The Morgan fingerprint density at radius 3 is 2.51 bits per heavy atom. The van der Waals surface area contributed by atoms with Crippen molar-refractivity contribution >= 4 is 56.1 Å². The van der Waals surface area contributed by atoms with E-state index in [4.69, 9.17) is 11.6 Å². The number of halogens is 1. The molecule has 2 amide bonds. The smallest absolute Gasteiger partial charge is 0.250 e. The molecular weight excluding hydrogens is 600 g/mol. The zero-order valence-corrected chi connectivity index (χ0v) is 25.8. The quantitative estimate of drug-likeness (QED) is 0.396. The van der Waals surface area contributed by atoms with E-state index in [0.717, 1.165) is 60.0 Å². The normalized spacial score (nSPS) is 21.8. The molecule has 0 saturated carbocycles. The maximum atomic E-state index is 13.4. The van der Waals surface area contributed by atoms with Gasteiger partial charge in [0, 0.05) is 48.5 Å². The van der Waals surface area contributed by atoms with Gasteiger partial charge in [-0.3, -0.25) is 14.5 Å². The SMILES string of the molecule is O=C1[C@@H](NS(=O)(=O)c2ccc(-c3ccc(Cl)s3)s2)CCCN1CC(=O)N1CCC[C@H]1CN1CCc2ccccc2C1. The second-order valence-electron chi connectivity index (χ2n) is 10.9. The van der Waals surface area contributed by atoms with Crippen molar-refractivity contribution in [3.63, 3.8) is 0 Å². The molecule has 2 aromatic heterocycles. The topological polar surface area (TPSA) is 90.0 Å². The van der Waals surface area contributed by atoms with Gasteiger partial charge in [0.1, 0.15) is 10.3 Å². The first-order valence-corrected chi connectivity index (χ1v) is 17.5. The molecule has 8 nitrogen and oxygen atoms in total. The summed E-state index contributed by atoms with van der Waals surface area (Å²) < 4.78 is 29.7. The van der Waals surface area contributed by atoms with Crippen molar-refractivity contribution in [1.82, 2.24) is 19.4 Å². The van der Waals surface area contributed by atoms with Crippen LogP contribution in [-0.4, -0.2) is 79.7 Å². The first-order valence-electron chi connectivity index (χ1n) is 14.0. The van der Waals surface area contributed by atoms with Gasteiger partial charge in [-0.25, -0.2) is 8.42 Å². The summed E-state index contributed by atoms with van der Waals surface area (Å²) >= 11 is 8.56. The summed E-state index contributed by atoms with van der Waals surface area (Å²) in [6, 6.07) is 14.7.